The zero-order valence-electron chi connectivity index (χ0n) is 13.6. The van der Waals surface area contributed by atoms with E-state index in [1.165, 1.54) is 4.90 Å². The predicted octanol–water partition coefficient (Wildman–Crippen LogP) is 2.42. The molecule has 0 saturated heterocycles. The zero-order chi connectivity index (χ0) is 17.7. The molecule has 1 N–H and O–H groups in total. The van der Waals surface area contributed by atoms with Gasteiger partial charge in [-0.05, 0) is 24.6 Å². The van der Waals surface area contributed by atoms with Crippen LogP contribution in [0.1, 0.15) is 35.9 Å². The Balaban J connectivity index is 2.34. The van der Waals surface area contributed by atoms with Crippen molar-refractivity contribution in [1.29, 1.82) is 0 Å². The molecular formula is C16H19ClN4O3. The third kappa shape index (κ3) is 4.11. The Labute approximate surface area is 144 Å². The van der Waals surface area contributed by atoms with Gasteiger partial charge in [-0.25, -0.2) is 4.68 Å². The molecule has 0 radical (unpaired) electrons. The average molecular weight is 351 g/mol. The molecule has 1 aromatic heterocycles. The van der Waals surface area contributed by atoms with Crippen LogP contribution < -0.4 is 0 Å². The molecule has 0 fully saturated rings. The van der Waals surface area contributed by atoms with Gasteiger partial charge in [-0.3, -0.25) is 9.59 Å². The highest BCUT2D eigenvalue weighted by atomic mass is 35.5. The molecule has 0 atom stereocenters. The summed E-state index contributed by atoms with van der Waals surface area (Å²) in [5, 5.41) is 17.4. The van der Waals surface area contributed by atoms with Crippen molar-refractivity contribution in [2.45, 2.75) is 26.2 Å². The molecule has 8 heteroatoms. The Hall–Kier alpha value is -2.41. The van der Waals surface area contributed by atoms with Crippen LogP contribution in [-0.4, -0.2) is 50.5 Å². The zero-order valence-corrected chi connectivity index (χ0v) is 14.3. The van der Waals surface area contributed by atoms with E-state index in [0.29, 0.717) is 17.1 Å². The summed E-state index contributed by atoms with van der Waals surface area (Å²) < 4.78 is 1.60. The van der Waals surface area contributed by atoms with E-state index in [2.05, 4.69) is 10.3 Å². The Morgan fingerprint density at radius 1 is 1.38 bits per heavy atom. The van der Waals surface area contributed by atoms with Crippen LogP contribution in [0.25, 0.3) is 5.69 Å². The highest BCUT2D eigenvalue weighted by Gasteiger charge is 2.23. The number of carboxylic acids is 1. The topological polar surface area (TPSA) is 88.3 Å². The molecule has 0 aliphatic heterocycles. The van der Waals surface area contributed by atoms with Gasteiger partial charge >= 0.3 is 5.97 Å². The van der Waals surface area contributed by atoms with Crippen LogP contribution in [-0.2, 0) is 11.2 Å². The van der Waals surface area contributed by atoms with Crippen LogP contribution in [0.4, 0.5) is 0 Å². The lowest BCUT2D eigenvalue weighted by atomic mass is 10.2. The van der Waals surface area contributed by atoms with Crippen molar-refractivity contribution in [3.05, 3.63) is 40.7 Å². The summed E-state index contributed by atoms with van der Waals surface area (Å²) >= 11 is 6.02. The van der Waals surface area contributed by atoms with Gasteiger partial charge in [-0.15, -0.1) is 5.10 Å². The van der Waals surface area contributed by atoms with Gasteiger partial charge in [-0.2, -0.15) is 0 Å². The summed E-state index contributed by atoms with van der Waals surface area (Å²) in [5.74, 6) is -1.29. The lowest BCUT2D eigenvalue weighted by Crippen LogP contribution is -2.30. The minimum atomic E-state index is -0.953. The van der Waals surface area contributed by atoms with Gasteiger partial charge in [0.1, 0.15) is 0 Å². The van der Waals surface area contributed by atoms with Crippen molar-refractivity contribution < 1.29 is 14.7 Å². The van der Waals surface area contributed by atoms with Gasteiger partial charge in [0.15, 0.2) is 5.69 Å². The molecular weight excluding hydrogens is 332 g/mol. The van der Waals surface area contributed by atoms with Crippen LogP contribution in [0.5, 0.6) is 0 Å². The third-order valence-electron chi connectivity index (χ3n) is 3.51. The van der Waals surface area contributed by atoms with E-state index >= 15 is 0 Å². The fourth-order valence-electron chi connectivity index (χ4n) is 2.29. The second-order valence-electron chi connectivity index (χ2n) is 5.40. The number of rotatable bonds is 7. The number of amides is 1. The van der Waals surface area contributed by atoms with E-state index in [0.717, 1.165) is 12.1 Å². The SMILES string of the molecule is CCCc1c(C(=O)N(C)CCC(=O)O)nnn1-c1cccc(Cl)c1. The van der Waals surface area contributed by atoms with E-state index in [4.69, 9.17) is 16.7 Å². The average Bonchev–Trinajstić information content (AvgIpc) is 2.96. The lowest BCUT2D eigenvalue weighted by Gasteiger charge is -2.15. The molecule has 1 heterocycles. The molecule has 1 amide bonds. The molecule has 2 rings (SSSR count). The summed E-state index contributed by atoms with van der Waals surface area (Å²) in [6, 6.07) is 7.14. The van der Waals surface area contributed by atoms with E-state index in [1.807, 2.05) is 13.0 Å². The summed E-state index contributed by atoms with van der Waals surface area (Å²) in [6.07, 6.45) is 1.31. The summed E-state index contributed by atoms with van der Waals surface area (Å²) in [7, 11) is 1.55. The van der Waals surface area contributed by atoms with E-state index in [-0.39, 0.29) is 24.6 Å². The number of aliphatic carboxylic acids is 1. The standard InChI is InChI=1S/C16H19ClN4O3/c1-3-5-13-15(16(24)20(2)9-8-14(22)23)18-19-21(13)12-7-4-6-11(17)10-12/h4,6-7,10H,3,5,8-9H2,1-2H3,(H,22,23). The number of carbonyl (C=O) groups is 2. The van der Waals surface area contributed by atoms with Crippen LogP contribution in [0.15, 0.2) is 24.3 Å². The Kier molecular flexibility index (Phi) is 5.92. The van der Waals surface area contributed by atoms with Crippen molar-refractivity contribution in [3.63, 3.8) is 0 Å². The Bertz CT molecular complexity index is 745. The van der Waals surface area contributed by atoms with Crippen molar-refractivity contribution in [2.75, 3.05) is 13.6 Å². The maximum Gasteiger partial charge on any atom is 0.305 e. The number of nitrogens with zero attached hydrogens (tertiary/aromatic N) is 4. The quantitative estimate of drug-likeness (QED) is 0.828. The molecule has 2 aromatic rings. The normalized spacial score (nSPS) is 10.6. The van der Waals surface area contributed by atoms with Gasteiger partial charge in [0.25, 0.3) is 5.91 Å². The lowest BCUT2D eigenvalue weighted by molar-refractivity contribution is -0.137. The van der Waals surface area contributed by atoms with Crippen LogP contribution in [0, 0.1) is 0 Å². The van der Waals surface area contributed by atoms with Gasteiger partial charge in [0, 0.05) is 18.6 Å². The first-order valence-corrected chi connectivity index (χ1v) is 7.99. The van der Waals surface area contributed by atoms with Gasteiger partial charge < -0.3 is 10.0 Å². The molecule has 1 aromatic carbocycles. The van der Waals surface area contributed by atoms with E-state index in [9.17, 15) is 9.59 Å². The van der Waals surface area contributed by atoms with Crippen LogP contribution in [0.2, 0.25) is 5.02 Å². The molecule has 0 unspecified atom stereocenters. The van der Waals surface area contributed by atoms with Crippen molar-refractivity contribution in [2.24, 2.45) is 0 Å². The number of carboxylic acid groups (broad SMARTS) is 1. The first kappa shape index (κ1) is 17.9. The molecule has 128 valence electrons. The Morgan fingerprint density at radius 2 is 2.12 bits per heavy atom. The molecule has 0 bridgehead atoms. The minimum Gasteiger partial charge on any atom is -0.481 e. The van der Waals surface area contributed by atoms with Gasteiger partial charge in [0.2, 0.25) is 0 Å². The molecule has 7 nitrogen and oxygen atoms in total. The summed E-state index contributed by atoms with van der Waals surface area (Å²) in [6.45, 7) is 2.11. The largest absolute Gasteiger partial charge is 0.481 e. The fourth-order valence-corrected chi connectivity index (χ4v) is 2.47. The summed E-state index contributed by atoms with van der Waals surface area (Å²) in [5.41, 5.74) is 1.65. The molecule has 0 aliphatic carbocycles. The second-order valence-corrected chi connectivity index (χ2v) is 5.83. The number of aromatic nitrogens is 3. The van der Waals surface area contributed by atoms with Crippen LogP contribution >= 0.6 is 11.6 Å². The summed E-state index contributed by atoms with van der Waals surface area (Å²) in [4.78, 5) is 24.6. The third-order valence-corrected chi connectivity index (χ3v) is 3.75. The number of carbonyl (C=O) groups excluding carboxylic acids is 1. The second kappa shape index (κ2) is 7.92. The molecule has 0 saturated carbocycles. The maximum absolute atomic E-state index is 12.6. The van der Waals surface area contributed by atoms with Crippen molar-refractivity contribution >= 4 is 23.5 Å². The first-order chi connectivity index (χ1) is 11.4. The number of hydrogen-bond donors (Lipinski definition) is 1. The maximum atomic E-state index is 12.6. The molecule has 24 heavy (non-hydrogen) atoms. The highest BCUT2D eigenvalue weighted by molar-refractivity contribution is 6.30. The number of halogens is 1. The van der Waals surface area contributed by atoms with Crippen molar-refractivity contribution in [1.82, 2.24) is 19.9 Å². The predicted molar refractivity (Wildman–Crippen MR) is 89.6 cm³/mol. The highest BCUT2D eigenvalue weighted by Crippen LogP contribution is 2.19. The monoisotopic (exact) mass is 350 g/mol. The molecule has 0 spiro atoms. The van der Waals surface area contributed by atoms with Gasteiger partial charge in [-0.1, -0.05) is 36.2 Å². The van der Waals surface area contributed by atoms with Crippen molar-refractivity contribution in [3.8, 4) is 5.69 Å². The fraction of sp³-hybridized carbons (Fsp3) is 0.375. The number of benzene rings is 1. The smallest absolute Gasteiger partial charge is 0.305 e. The van der Waals surface area contributed by atoms with Gasteiger partial charge in [0.05, 0.1) is 17.8 Å². The Morgan fingerprint density at radius 3 is 2.75 bits per heavy atom. The number of hydrogen-bond acceptors (Lipinski definition) is 4. The van der Waals surface area contributed by atoms with E-state index in [1.54, 1.807) is 29.9 Å². The van der Waals surface area contributed by atoms with E-state index < -0.39 is 5.97 Å². The van der Waals surface area contributed by atoms with Crippen LogP contribution in [0.3, 0.4) is 0 Å². The first-order valence-electron chi connectivity index (χ1n) is 7.61. The minimum absolute atomic E-state index is 0.115. The molecule has 0 aliphatic rings.